The Hall–Kier alpha value is -3.27. The fraction of sp³-hybridized carbons (Fsp3) is 0.111. The van der Waals surface area contributed by atoms with Gasteiger partial charge in [-0.25, -0.2) is 0 Å². The van der Waals surface area contributed by atoms with Crippen LogP contribution in [-0.4, -0.2) is 12.3 Å². The van der Waals surface area contributed by atoms with Gasteiger partial charge in [-0.3, -0.25) is 4.79 Å². The summed E-state index contributed by atoms with van der Waals surface area (Å²) in [7, 11) is 0. The molecule has 0 saturated carbocycles. The summed E-state index contributed by atoms with van der Waals surface area (Å²) in [6.07, 6.45) is -3.83. The lowest BCUT2D eigenvalue weighted by Gasteiger charge is -2.11. The minimum atomic E-state index is -4.87. The zero-order valence-corrected chi connectivity index (χ0v) is 13.1. The number of rotatable bonds is 4. The second-order valence-corrected chi connectivity index (χ2v) is 5.08. The lowest BCUT2D eigenvalue weighted by molar-refractivity contribution is -0.274. The molecule has 128 valence electrons. The smallest absolute Gasteiger partial charge is 0.405 e. The molecular formula is C18H13F3N2O2. The van der Waals surface area contributed by atoms with E-state index in [9.17, 15) is 18.0 Å². The van der Waals surface area contributed by atoms with E-state index >= 15 is 0 Å². The number of anilines is 1. The zero-order chi connectivity index (χ0) is 18.4. The zero-order valence-electron chi connectivity index (χ0n) is 13.1. The second kappa shape index (κ2) is 7.53. The Labute approximate surface area is 142 Å². The molecule has 0 aromatic heterocycles. The van der Waals surface area contributed by atoms with Crippen molar-refractivity contribution in [1.82, 2.24) is 0 Å². The van der Waals surface area contributed by atoms with Gasteiger partial charge >= 0.3 is 6.36 Å². The van der Waals surface area contributed by atoms with E-state index in [0.29, 0.717) is 5.69 Å². The van der Waals surface area contributed by atoms with Gasteiger partial charge in [0.15, 0.2) is 0 Å². The van der Waals surface area contributed by atoms with Gasteiger partial charge < -0.3 is 10.1 Å². The molecule has 0 unspecified atom stereocenters. The summed E-state index contributed by atoms with van der Waals surface area (Å²) >= 11 is 0. The highest BCUT2D eigenvalue weighted by Crippen LogP contribution is 2.27. The molecule has 0 radical (unpaired) electrons. The van der Waals surface area contributed by atoms with Crippen molar-refractivity contribution in [2.24, 2.45) is 0 Å². The van der Waals surface area contributed by atoms with Crippen LogP contribution in [0.3, 0.4) is 0 Å². The molecule has 0 saturated heterocycles. The van der Waals surface area contributed by atoms with Crippen molar-refractivity contribution in [3.05, 3.63) is 65.2 Å². The number of ether oxygens (including phenoxy) is 1. The van der Waals surface area contributed by atoms with Crippen LogP contribution in [-0.2, 0) is 4.79 Å². The maximum absolute atomic E-state index is 12.4. The van der Waals surface area contributed by atoms with Crippen LogP contribution in [0.15, 0.2) is 54.1 Å². The Morgan fingerprint density at radius 3 is 2.40 bits per heavy atom. The molecule has 7 heteroatoms. The van der Waals surface area contributed by atoms with Gasteiger partial charge in [-0.05, 0) is 31.2 Å². The number of para-hydroxylation sites is 1. The maximum atomic E-state index is 12.4. The molecule has 0 aliphatic carbocycles. The third kappa shape index (κ3) is 5.39. The van der Waals surface area contributed by atoms with Crippen LogP contribution >= 0.6 is 0 Å². The predicted molar refractivity (Wildman–Crippen MR) is 86.5 cm³/mol. The number of nitrogens with one attached hydrogen (secondary N) is 1. The van der Waals surface area contributed by atoms with Crippen LogP contribution in [0, 0.1) is 18.3 Å². The number of hydrogen-bond donors (Lipinski definition) is 1. The highest BCUT2D eigenvalue weighted by Gasteiger charge is 2.31. The number of aryl methyl sites for hydroxylation is 1. The molecule has 4 nitrogen and oxygen atoms in total. The molecule has 0 aliphatic heterocycles. The average Bonchev–Trinajstić information content (AvgIpc) is 2.54. The first-order chi connectivity index (χ1) is 11.8. The number of carbonyl (C=O) groups excluding carboxylic acids is 1. The number of carbonyl (C=O) groups is 1. The van der Waals surface area contributed by atoms with E-state index in [2.05, 4.69) is 10.1 Å². The summed E-state index contributed by atoms with van der Waals surface area (Å²) in [5.74, 6) is -1.22. The molecular weight excluding hydrogens is 333 g/mol. The molecule has 2 aromatic rings. The SMILES string of the molecule is Cc1ccc(NC(=O)/C(C#N)=C/c2ccccc2OC(F)(F)F)cc1. The lowest BCUT2D eigenvalue weighted by atomic mass is 10.1. The summed E-state index contributed by atoms with van der Waals surface area (Å²) in [5, 5.41) is 11.7. The minimum Gasteiger partial charge on any atom is -0.405 e. The van der Waals surface area contributed by atoms with Crippen molar-refractivity contribution in [3.63, 3.8) is 0 Å². The first kappa shape index (κ1) is 18.1. The highest BCUT2D eigenvalue weighted by molar-refractivity contribution is 6.09. The maximum Gasteiger partial charge on any atom is 0.573 e. The van der Waals surface area contributed by atoms with E-state index in [1.54, 1.807) is 30.3 Å². The predicted octanol–water partition coefficient (Wildman–Crippen LogP) is 4.44. The number of alkyl halides is 3. The molecule has 1 N–H and O–H groups in total. The van der Waals surface area contributed by atoms with Crippen molar-refractivity contribution in [2.75, 3.05) is 5.32 Å². The van der Waals surface area contributed by atoms with Crippen LogP contribution in [0.25, 0.3) is 6.08 Å². The van der Waals surface area contributed by atoms with Gasteiger partial charge in [-0.2, -0.15) is 5.26 Å². The molecule has 0 heterocycles. The first-order valence-electron chi connectivity index (χ1n) is 7.13. The molecule has 0 bridgehead atoms. The Bertz CT molecular complexity index is 835. The van der Waals surface area contributed by atoms with Crippen molar-refractivity contribution in [1.29, 1.82) is 5.26 Å². The molecule has 2 rings (SSSR count). The molecule has 0 aliphatic rings. The molecule has 25 heavy (non-hydrogen) atoms. The van der Waals surface area contributed by atoms with E-state index in [0.717, 1.165) is 17.7 Å². The van der Waals surface area contributed by atoms with Crippen LogP contribution in [0.2, 0.25) is 0 Å². The quantitative estimate of drug-likeness (QED) is 0.658. The van der Waals surface area contributed by atoms with Crippen molar-refractivity contribution >= 4 is 17.7 Å². The normalized spacial score (nSPS) is 11.6. The van der Waals surface area contributed by atoms with Gasteiger partial charge in [-0.15, -0.1) is 13.2 Å². The molecule has 1 amide bonds. The molecule has 2 aromatic carbocycles. The van der Waals surface area contributed by atoms with Gasteiger partial charge in [0.1, 0.15) is 17.4 Å². The average molecular weight is 346 g/mol. The Balaban J connectivity index is 2.27. The second-order valence-electron chi connectivity index (χ2n) is 5.08. The van der Waals surface area contributed by atoms with E-state index in [1.807, 2.05) is 6.92 Å². The van der Waals surface area contributed by atoms with E-state index in [1.165, 1.54) is 18.2 Å². The number of nitrogens with zero attached hydrogens (tertiary/aromatic N) is 1. The summed E-state index contributed by atoms with van der Waals surface area (Å²) < 4.78 is 41.2. The highest BCUT2D eigenvalue weighted by atomic mass is 19.4. The topological polar surface area (TPSA) is 62.1 Å². The number of hydrogen-bond acceptors (Lipinski definition) is 3. The third-order valence-electron chi connectivity index (χ3n) is 3.12. The third-order valence-corrected chi connectivity index (χ3v) is 3.12. The van der Waals surface area contributed by atoms with E-state index in [4.69, 9.17) is 5.26 Å². The van der Waals surface area contributed by atoms with Crippen molar-refractivity contribution < 1.29 is 22.7 Å². The monoisotopic (exact) mass is 346 g/mol. The summed E-state index contributed by atoms with van der Waals surface area (Å²) in [5.41, 5.74) is 1.08. The Kier molecular flexibility index (Phi) is 5.45. The van der Waals surface area contributed by atoms with Crippen molar-refractivity contribution in [2.45, 2.75) is 13.3 Å². The summed E-state index contributed by atoms with van der Waals surface area (Å²) in [6, 6.07) is 13.8. The van der Waals surface area contributed by atoms with Crippen molar-refractivity contribution in [3.8, 4) is 11.8 Å². The van der Waals surface area contributed by atoms with Gasteiger partial charge in [-0.1, -0.05) is 35.9 Å². The number of amides is 1. The Morgan fingerprint density at radius 1 is 1.16 bits per heavy atom. The van der Waals surface area contributed by atoms with Gasteiger partial charge in [0.05, 0.1) is 0 Å². The number of benzene rings is 2. The fourth-order valence-electron chi connectivity index (χ4n) is 1.96. The standard InChI is InChI=1S/C18H13F3N2O2/c1-12-6-8-15(9-7-12)23-17(24)14(11-22)10-13-4-2-3-5-16(13)25-18(19,20)21/h2-10H,1H3,(H,23,24)/b14-10+. The van der Waals surface area contributed by atoms with Crippen LogP contribution in [0.1, 0.15) is 11.1 Å². The van der Waals surface area contributed by atoms with Crippen LogP contribution in [0.5, 0.6) is 5.75 Å². The summed E-state index contributed by atoms with van der Waals surface area (Å²) in [6.45, 7) is 1.88. The first-order valence-corrected chi connectivity index (χ1v) is 7.13. The van der Waals surface area contributed by atoms with E-state index in [-0.39, 0.29) is 11.1 Å². The van der Waals surface area contributed by atoms with Gasteiger partial charge in [0.2, 0.25) is 0 Å². The molecule has 0 fully saturated rings. The van der Waals surface area contributed by atoms with Crippen LogP contribution in [0.4, 0.5) is 18.9 Å². The van der Waals surface area contributed by atoms with Gasteiger partial charge in [0, 0.05) is 11.3 Å². The lowest BCUT2D eigenvalue weighted by Crippen LogP contribution is -2.18. The Morgan fingerprint density at radius 2 is 1.80 bits per heavy atom. The van der Waals surface area contributed by atoms with Gasteiger partial charge in [0.25, 0.3) is 5.91 Å². The minimum absolute atomic E-state index is 0.0320. The molecule has 0 atom stereocenters. The van der Waals surface area contributed by atoms with E-state index < -0.39 is 18.0 Å². The molecule has 0 spiro atoms. The number of halogens is 3. The number of nitriles is 1. The summed E-state index contributed by atoms with van der Waals surface area (Å²) in [4.78, 5) is 12.2. The fourth-order valence-corrected chi connectivity index (χ4v) is 1.96. The van der Waals surface area contributed by atoms with Crippen LogP contribution < -0.4 is 10.1 Å². The largest absolute Gasteiger partial charge is 0.573 e.